The molecule has 43 heavy (non-hydrogen) atoms. The van der Waals surface area contributed by atoms with Gasteiger partial charge in [0.1, 0.15) is 38.9 Å². The topological polar surface area (TPSA) is 152 Å². The van der Waals surface area contributed by atoms with Crippen LogP contribution in [0, 0.1) is 10.1 Å². The summed E-state index contributed by atoms with van der Waals surface area (Å²) >= 11 is 0. The number of nitrogens with zero attached hydrogens (tertiary/aromatic N) is 2. The van der Waals surface area contributed by atoms with Crippen molar-refractivity contribution >= 4 is 19.8 Å². The van der Waals surface area contributed by atoms with Crippen LogP contribution in [0.3, 0.4) is 0 Å². The molecule has 0 bridgehead atoms. The average Bonchev–Trinajstić information content (AvgIpc) is 2.91. The normalized spacial score (nSPS) is 14.2. The molecule has 0 aromatic heterocycles. The number of carbonyl (C=O) groups is 2. The van der Waals surface area contributed by atoms with Crippen LogP contribution < -0.4 is 0 Å². The first-order valence-corrected chi connectivity index (χ1v) is 17.4. The number of ether oxygens (including phenoxy) is 2. The molecule has 0 saturated carbocycles. The van der Waals surface area contributed by atoms with E-state index in [4.69, 9.17) is 18.5 Å². The number of hydrogen-bond acceptors (Lipinski definition) is 9. The lowest BCUT2D eigenvalue weighted by molar-refractivity contribution is -0.870. The summed E-state index contributed by atoms with van der Waals surface area (Å²) in [5.74, 6) is -1.41. The van der Waals surface area contributed by atoms with Crippen molar-refractivity contribution in [1.82, 2.24) is 0 Å². The molecule has 0 radical (unpaired) electrons. The molecular weight excluding hydrogens is 579 g/mol. The van der Waals surface area contributed by atoms with E-state index in [0.717, 1.165) is 19.3 Å². The highest BCUT2D eigenvalue weighted by Crippen LogP contribution is 2.44. The maximum Gasteiger partial charge on any atom is 0.472 e. The number of phosphoric ester groups is 1. The predicted molar refractivity (Wildman–Crippen MR) is 166 cm³/mol. The molecule has 13 heteroatoms. The number of carbonyl (C=O) groups excluding carboxylic acids is 2. The number of likely N-dealkylation sites (N-methyl/N-ethyl adjacent to an activating group) is 1. The van der Waals surface area contributed by atoms with Gasteiger partial charge < -0.3 is 18.9 Å². The third-order valence-electron chi connectivity index (χ3n) is 6.64. The summed E-state index contributed by atoms with van der Waals surface area (Å²) in [6, 6.07) is 0. The minimum Gasteiger partial charge on any atom is -0.463 e. The van der Waals surface area contributed by atoms with Crippen molar-refractivity contribution in [3.63, 3.8) is 0 Å². The van der Waals surface area contributed by atoms with Crippen molar-refractivity contribution in [2.45, 2.75) is 123 Å². The SMILES string of the molecule is CC/C=C(\CC(=O)OC[C@@H](COC(=O)CCCCCCCCCCCCCCC)OP(=O)(O)OCC[N+](C)(C)C)[N+](=O)[O-]. The Balaban J connectivity index is 4.58. The third kappa shape index (κ3) is 26.3. The number of quaternary nitrogens is 1. The quantitative estimate of drug-likeness (QED) is 0.0244. The molecule has 0 aromatic carbocycles. The summed E-state index contributed by atoms with van der Waals surface area (Å²) in [4.78, 5) is 45.1. The van der Waals surface area contributed by atoms with E-state index in [1.54, 1.807) is 6.92 Å². The standard InChI is InChI=1S/C30H57N2O10P/c1-6-8-9-10-11-12-13-14-15-16-17-18-19-21-29(33)39-25-28(42-43(37,38)41-23-22-32(3,4)5)26-40-30(34)24-27(20-7-2)31(35)36/h20,28H,6-19,21-26H2,1-5H3/p+1/b27-20+/t28-/m1/s1. The highest BCUT2D eigenvalue weighted by Gasteiger charge is 2.30. The zero-order valence-corrected chi connectivity index (χ0v) is 28.2. The molecule has 1 N–H and O–H groups in total. The van der Waals surface area contributed by atoms with Crippen LogP contribution >= 0.6 is 7.82 Å². The molecule has 0 saturated heterocycles. The van der Waals surface area contributed by atoms with Crippen LogP contribution in [-0.4, -0.2) is 79.9 Å². The van der Waals surface area contributed by atoms with Gasteiger partial charge in [-0.2, -0.15) is 0 Å². The average molecular weight is 638 g/mol. The van der Waals surface area contributed by atoms with Gasteiger partial charge in [-0.25, -0.2) is 4.57 Å². The minimum atomic E-state index is -4.57. The molecular formula is C30H58N2O10P+. The lowest BCUT2D eigenvalue weighted by atomic mass is 10.0. The van der Waals surface area contributed by atoms with Crippen LogP contribution in [0.25, 0.3) is 0 Å². The van der Waals surface area contributed by atoms with Crippen LogP contribution in [0.15, 0.2) is 11.8 Å². The zero-order chi connectivity index (χ0) is 32.6. The van der Waals surface area contributed by atoms with Crippen LogP contribution in [0.2, 0.25) is 0 Å². The molecule has 12 nitrogen and oxygen atoms in total. The Hall–Kier alpha value is -1.85. The Labute approximate surface area is 258 Å². The smallest absolute Gasteiger partial charge is 0.463 e. The Morgan fingerprint density at radius 3 is 1.81 bits per heavy atom. The molecule has 0 spiro atoms. The van der Waals surface area contributed by atoms with E-state index in [1.165, 1.54) is 63.9 Å². The number of unbranched alkanes of at least 4 members (excludes halogenated alkanes) is 12. The van der Waals surface area contributed by atoms with Gasteiger partial charge in [-0.3, -0.25) is 28.8 Å². The second kappa shape index (κ2) is 24.5. The summed E-state index contributed by atoms with van der Waals surface area (Å²) in [6.07, 6.45) is 15.4. The van der Waals surface area contributed by atoms with Gasteiger partial charge >= 0.3 is 19.8 Å². The van der Waals surface area contributed by atoms with Crippen molar-refractivity contribution in [2.24, 2.45) is 0 Å². The molecule has 1 unspecified atom stereocenters. The Bertz CT molecular complexity index is 860. The summed E-state index contributed by atoms with van der Waals surface area (Å²) in [6.45, 7) is 3.28. The fourth-order valence-corrected chi connectivity index (χ4v) is 5.01. The van der Waals surface area contributed by atoms with E-state index in [2.05, 4.69) is 6.92 Å². The molecule has 0 aliphatic heterocycles. The van der Waals surface area contributed by atoms with Gasteiger partial charge in [-0.05, 0) is 18.9 Å². The van der Waals surface area contributed by atoms with Gasteiger partial charge in [0, 0.05) is 6.42 Å². The lowest BCUT2D eigenvalue weighted by Gasteiger charge is -2.25. The first-order chi connectivity index (χ1) is 20.3. The Morgan fingerprint density at radius 2 is 1.35 bits per heavy atom. The van der Waals surface area contributed by atoms with E-state index in [0.29, 0.717) is 23.9 Å². The molecule has 0 fully saturated rings. The van der Waals surface area contributed by atoms with Crippen molar-refractivity contribution < 1.29 is 47.0 Å². The molecule has 0 aliphatic rings. The van der Waals surface area contributed by atoms with E-state index >= 15 is 0 Å². The molecule has 2 atom stereocenters. The maximum atomic E-state index is 12.5. The first-order valence-electron chi connectivity index (χ1n) is 15.9. The van der Waals surface area contributed by atoms with Crippen molar-refractivity contribution in [2.75, 3.05) is 47.5 Å². The molecule has 0 heterocycles. The van der Waals surface area contributed by atoms with Crippen LogP contribution in [-0.2, 0) is 32.7 Å². The highest BCUT2D eigenvalue weighted by molar-refractivity contribution is 7.47. The lowest BCUT2D eigenvalue weighted by Crippen LogP contribution is -2.37. The monoisotopic (exact) mass is 637 g/mol. The van der Waals surface area contributed by atoms with Gasteiger partial charge in [-0.15, -0.1) is 0 Å². The number of allylic oxidation sites excluding steroid dienone is 1. The van der Waals surface area contributed by atoms with Crippen LogP contribution in [0.4, 0.5) is 0 Å². The molecule has 252 valence electrons. The highest BCUT2D eigenvalue weighted by atomic mass is 31.2. The van der Waals surface area contributed by atoms with E-state index in [1.807, 2.05) is 21.1 Å². The Morgan fingerprint density at radius 1 is 0.860 bits per heavy atom. The van der Waals surface area contributed by atoms with E-state index in [-0.39, 0.29) is 18.7 Å². The summed E-state index contributed by atoms with van der Waals surface area (Å²) in [5.41, 5.74) is -0.314. The molecule has 0 aliphatic carbocycles. The van der Waals surface area contributed by atoms with Gasteiger partial charge in [0.25, 0.3) is 5.70 Å². The zero-order valence-electron chi connectivity index (χ0n) is 27.3. The molecule has 0 aromatic rings. The second-order valence-electron chi connectivity index (χ2n) is 11.9. The summed E-state index contributed by atoms with van der Waals surface area (Å²) in [5, 5.41) is 11.1. The number of nitro groups is 1. The third-order valence-corrected chi connectivity index (χ3v) is 7.72. The summed E-state index contributed by atoms with van der Waals surface area (Å²) < 4.78 is 33.5. The van der Waals surface area contributed by atoms with Gasteiger partial charge in [0.2, 0.25) is 0 Å². The summed E-state index contributed by atoms with van der Waals surface area (Å²) in [7, 11) is 1.09. The van der Waals surface area contributed by atoms with Crippen molar-refractivity contribution in [3.8, 4) is 0 Å². The maximum absolute atomic E-state index is 12.5. The van der Waals surface area contributed by atoms with Crippen molar-refractivity contribution in [3.05, 3.63) is 21.9 Å². The fraction of sp³-hybridized carbons (Fsp3) is 0.867. The van der Waals surface area contributed by atoms with Crippen molar-refractivity contribution in [1.29, 1.82) is 0 Å². The number of esters is 2. The number of hydrogen-bond donors (Lipinski definition) is 1. The van der Waals surface area contributed by atoms with Crippen LogP contribution in [0.5, 0.6) is 0 Å². The molecule has 0 rings (SSSR count). The first kappa shape index (κ1) is 41.1. The van der Waals surface area contributed by atoms with Gasteiger partial charge in [0.05, 0.1) is 26.1 Å². The van der Waals surface area contributed by atoms with E-state index in [9.17, 15) is 29.2 Å². The second-order valence-corrected chi connectivity index (χ2v) is 13.3. The number of phosphoric acid groups is 1. The minimum absolute atomic E-state index is 0.0728. The molecule has 0 amide bonds. The van der Waals surface area contributed by atoms with E-state index < -0.39 is 50.4 Å². The number of rotatable bonds is 28. The Kier molecular flexibility index (Phi) is 23.4. The fourth-order valence-electron chi connectivity index (χ4n) is 4.13. The van der Waals surface area contributed by atoms with Gasteiger partial charge in [-0.1, -0.05) is 90.9 Å². The van der Waals surface area contributed by atoms with Crippen LogP contribution in [0.1, 0.15) is 117 Å². The van der Waals surface area contributed by atoms with Gasteiger partial charge in [0.15, 0.2) is 0 Å². The largest absolute Gasteiger partial charge is 0.472 e. The predicted octanol–water partition coefficient (Wildman–Crippen LogP) is 6.72.